The fourth-order valence-corrected chi connectivity index (χ4v) is 1.07. The van der Waals surface area contributed by atoms with Crippen molar-refractivity contribution < 1.29 is 5.11 Å². The van der Waals surface area contributed by atoms with Crippen LogP contribution in [0, 0.1) is 0 Å². The molecular weight excluding hydrogens is 138 g/mol. The van der Waals surface area contributed by atoms with Gasteiger partial charge in [0.2, 0.25) is 0 Å². The predicted octanol–water partition coefficient (Wildman–Crippen LogP) is 1.68. The summed E-state index contributed by atoms with van der Waals surface area (Å²) in [5, 5.41) is 10.6. The fraction of sp³-hybridized carbons (Fsp3) is 0.333. The molecule has 0 fully saturated rings. The minimum atomic E-state index is -0.144. The molecule has 0 aliphatic heterocycles. The molecule has 1 rings (SSSR count). The lowest BCUT2D eigenvalue weighted by molar-refractivity contribution is 0.178. The van der Waals surface area contributed by atoms with Crippen LogP contribution in [0.1, 0.15) is 5.56 Å². The van der Waals surface area contributed by atoms with E-state index in [9.17, 15) is 5.11 Å². The molecule has 0 spiro atoms. The molecule has 0 saturated heterocycles. The average Bonchev–Trinajstić information content (AvgIpc) is 2.04. The maximum absolute atomic E-state index is 10.6. The highest BCUT2D eigenvalue weighted by Crippen LogP contribution is 2.17. The van der Waals surface area contributed by atoms with Crippen LogP contribution in [0.4, 0.5) is 5.69 Å². The predicted molar refractivity (Wildman–Crippen MR) is 45.2 cm³/mol. The molecule has 0 amide bonds. The molecule has 1 aromatic rings. The van der Waals surface area contributed by atoms with E-state index in [1.165, 1.54) is 0 Å². The molecule has 0 saturated carbocycles. The maximum Gasteiger partial charge on any atom is 0.109 e. The highest BCUT2D eigenvalue weighted by molar-refractivity contribution is 5.51. The standard InChI is InChI=1S/C9H12NO/c1-10(2)9-6-4-3-5-8(9)7-11/h3-6H,7H2,1-2H3. The lowest BCUT2D eigenvalue weighted by Crippen LogP contribution is -2.10. The van der Waals surface area contributed by atoms with E-state index in [-0.39, 0.29) is 6.61 Å². The van der Waals surface area contributed by atoms with Crippen LogP contribution >= 0.6 is 0 Å². The molecule has 59 valence electrons. The summed E-state index contributed by atoms with van der Waals surface area (Å²) < 4.78 is 0. The Kier molecular flexibility index (Phi) is 2.49. The van der Waals surface area contributed by atoms with Gasteiger partial charge in [0.1, 0.15) is 6.61 Å². The highest BCUT2D eigenvalue weighted by Gasteiger charge is 2.00. The van der Waals surface area contributed by atoms with Crippen molar-refractivity contribution in [2.45, 2.75) is 6.61 Å². The Labute approximate surface area is 67.1 Å². The van der Waals surface area contributed by atoms with Gasteiger partial charge in [-0.3, -0.25) is 0 Å². The highest BCUT2D eigenvalue weighted by atomic mass is 16.3. The summed E-state index contributed by atoms with van der Waals surface area (Å²) >= 11 is 0. The fourth-order valence-electron chi connectivity index (χ4n) is 1.07. The maximum atomic E-state index is 10.6. The first-order valence-electron chi connectivity index (χ1n) is 3.59. The summed E-state index contributed by atoms with van der Waals surface area (Å²) in [5.74, 6) is 0. The molecule has 1 radical (unpaired) electrons. The van der Waals surface area contributed by atoms with Gasteiger partial charge in [-0.1, -0.05) is 18.2 Å². The molecule has 0 heterocycles. The SMILES string of the molecule is CN(C)c1ccccc1C[O]. The van der Waals surface area contributed by atoms with E-state index in [0.29, 0.717) is 0 Å². The van der Waals surface area contributed by atoms with Gasteiger partial charge in [0, 0.05) is 25.3 Å². The second-order valence-electron chi connectivity index (χ2n) is 2.67. The molecule has 0 atom stereocenters. The summed E-state index contributed by atoms with van der Waals surface area (Å²) in [7, 11) is 3.88. The van der Waals surface area contributed by atoms with Crippen molar-refractivity contribution in [2.24, 2.45) is 0 Å². The van der Waals surface area contributed by atoms with E-state index in [1.54, 1.807) is 0 Å². The van der Waals surface area contributed by atoms with Crippen molar-refractivity contribution in [2.75, 3.05) is 19.0 Å². The molecule has 2 nitrogen and oxygen atoms in total. The van der Waals surface area contributed by atoms with Crippen LogP contribution in [-0.4, -0.2) is 14.1 Å². The van der Waals surface area contributed by atoms with Crippen molar-refractivity contribution in [3.05, 3.63) is 29.8 Å². The normalized spacial score (nSPS) is 9.73. The van der Waals surface area contributed by atoms with Crippen molar-refractivity contribution in [1.29, 1.82) is 0 Å². The van der Waals surface area contributed by atoms with E-state index in [2.05, 4.69) is 0 Å². The number of hydrogen-bond donors (Lipinski definition) is 0. The Balaban J connectivity index is 3.02. The summed E-state index contributed by atoms with van der Waals surface area (Å²) in [6.07, 6.45) is 0. The number of anilines is 1. The van der Waals surface area contributed by atoms with E-state index < -0.39 is 0 Å². The Morgan fingerprint density at radius 2 is 1.91 bits per heavy atom. The van der Waals surface area contributed by atoms with E-state index >= 15 is 0 Å². The number of benzene rings is 1. The molecule has 0 aromatic heterocycles. The second kappa shape index (κ2) is 3.39. The monoisotopic (exact) mass is 150 g/mol. The van der Waals surface area contributed by atoms with Crippen molar-refractivity contribution in [3.63, 3.8) is 0 Å². The Morgan fingerprint density at radius 3 is 2.36 bits per heavy atom. The first-order valence-corrected chi connectivity index (χ1v) is 3.59. The van der Waals surface area contributed by atoms with Crippen molar-refractivity contribution in [1.82, 2.24) is 0 Å². The van der Waals surface area contributed by atoms with Gasteiger partial charge >= 0.3 is 0 Å². The van der Waals surface area contributed by atoms with Crippen LogP contribution in [0.2, 0.25) is 0 Å². The number of nitrogens with zero attached hydrogens (tertiary/aromatic N) is 1. The first-order chi connectivity index (χ1) is 5.25. The average molecular weight is 150 g/mol. The minimum absolute atomic E-state index is 0.144. The third-order valence-corrected chi connectivity index (χ3v) is 1.63. The molecule has 0 bridgehead atoms. The van der Waals surface area contributed by atoms with Crippen LogP contribution in [0.15, 0.2) is 24.3 Å². The van der Waals surface area contributed by atoms with E-state index in [1.807, 2.05) is 43.3 Å². The van der Waals surface area contributed by atoms with Crippen LogP contribution in [-0.2, 0) is 11.7 Å². The zero-order valence-corrected chi connectivity index (χ0v) is 6.87. The van der Waals surface area contributed by atoms with Gasteiger partial charge in [-0.05, 0) is 6.07 Å². The quantitative estimate of drug-likeness (QED) is 0.629. The summed E-state index contributed by atoms with van der Waals surface area (Å²) in [6.45, 7) is -0.144. The molecule has 0 N–H and O–H groups in total. The summed E-state index contributed by atoms with van der Waals surface area (Å²) in [6, 6.07) is 7.64. The van der Waals surface area contributed by atoms with Gasteiger partial charge in [0.25, 0.3) is 0 Å². The van der Waals surface area contributed by atoms with E-state index in [0.717, 1.165) is 11.3 Å². The van der Waals surface area contributed by atoms with Gasteiger partial charge in [-0.25, -0.2) is 5.11 Å². The second-order valence-corrected chi connectivity index (χ2v) is 2.67. The van der Waals surface area contributed by atoms with Gasteiger partial charge in [-0.15, -0.1) is 0 Å². The zero-order valence-electron chi connectivity index (χ0n) is 6.87. The largest absolute Gasteiger partial charge is 0.377 e. The van der Waals surface area contributed by atoms with Crippen LogP contribution < -0.4 is 4.90 Å². The number of hydrogen-bond acceptors (Lipinski definition) is 1. The zero-order chi connectivity index (χ0) is 8.27. The molecule has 2 heteroatoms. The van der Waals surface area contributed by atoms with Crippen LogP contribution in [0.3, 0.4) is 0 Å². The summed E-state index contributed by atoms with van der Waals surface area (Å²) in [4.78, 5) is 1.95. The van der Waals surface area contributed by atoms with Gasteiger partial charge in [-0.2, -0.15) is 0 Å². The van der Waals surface area contributed by atoms with Gasteiger partial charge in [0.15, 0.2) is 0 Å². The third-order valence-electron chi connectivity index (χ3n) is 1.63. The van der Waals surface area contributed by atoms with E-state index in [4.69, 9.17) is 0 Å². The lowest BCUT2D eigenvalue weighted by atomic mass is 10.2. The van der Waals surface area contributed by atoms with Crippen LogP contribution in [0.5, 0.6) is 0 Å². The first kappa shape index (κ1) is 8.08. The smallest absolute Gasteiger partial charge is 0.109 e. The summed E-state index contributed by atoms with van der Waals surface area (Å²) in [5.41, 5.74) is 1.88. The number of rotatable bonds is 2. The Morgan fingerprint density at radius 1 is 1.27 bits per heavy atom. The molecule has 0 aliphatic carbocycles. The molecule has 11 heavy (non-hydrogen) atoms. The number of para-hydroxylation sites is 1. The van der Waals surface area contributed by atoms with Crippen molar-refractivity contribution in [3.8, 4) is 0 Å². The lowest BCUT2D eigenvalue weighted by Gasteiger charge is -2.15. The molecular formula is C9H12NO. The molecule has 1 aromatic carbocycles. The Hall–Kier alpha value is -1.02. The van der Waals surface area contributed by atoms with Gasteiger partial charge < -0.3 is 4.90 Å². The minimum Gasteiger partial charge on any atom is -0.377 e. The van der Waals surface area contributed by atoms with Gasteiger partial charge in [0.05, 0.1) is 0 Å². The van der Waals surface area contributed by atoms with Crippen molar-refractivity contribution >= 4 is 5.69 Å². The van der Waals surface area contributed by atoms with Crippen LogP contribution in [0.25, 0.3) is 0 Å². The topological polar surface area (TPSA) is 23.1 Å². The molecule has 0 unspecified atom stereocenters. The third kappa shape index (κ3) is 1.71. The Bertz CT molecular complexity index is 233. The molecule has 0 aliphatic rings.